The Hall–Kier alpha value is -1.80. The zero-order chi connectivity index (χ0) is 13.8. The lowest BCUT2D eigenvalue weighted by atomic mass is 9.96. The smallest absolute Gasteiger partial charge is 0.124 e. The van der Waals surface area contributed by atoms with Crippen molar-refractivity contribution in [2.45, 2.75) is 19.9 Å². The summed E-state index contributed by atoms with van der Waals surface area (Å²) in [6.45, 7) is 4.18. The fraction of sp³-hybridized carbons (Fsp3) is 0.294. The van der Waals surface area contributed by atoms with E-state index in [1.54, 1.807) is 7.11 Å². The van der Waals surface area contributed by atoms with Gasteiger partial charge in [0, 0.05) is 5.56 Å². The van der Waals surface area contributed by atoms with E-state index in [0.717, 1.165) is 5.75 Å². The molecule has 2 nitrogen and oxygen atoms in total. The van der Waals surface area contributed by atoms with Gasteiger partial charge in [0.2, 0.25) is 0 Å². The first-order chi connectivity index (χ1) is 9.15. The number of ether oxygens (including phenoxy) is 1. The molecule has 1 unspecified atom stereocenters. The van der Waals surface area contributed by atoms with Crippen LogP contribution in [0.2, 0.25) is 0 Å². The maximum atomic E-state index is 5.51. The lowest BCUT2D eigenvalue weighted by Crippen LogP contribution is -2.18. The second-order valence-electron chi connectivity index (χ2n) is 4.88. The zero-order valence-corrected chi connectivity index (χ0v) is 12.0. The van der Waals surface area contributed by atoms with Crippen LogP contribution in [0.1, 0.15) is 28.3 Å². The van der Waals surface area contributed by atoms with Crippen LogP contribution in [0.5, 0.6) is 5.75 Å². The third kappa shape index (κ3) is 2.96. The Labute approximate surface area is 115 Å². The quantitative estimate of drug-likeness (QED) is 0.901. The van der Waals surface area contributed by atoms with Crippen LogP contribution in [-0.4, -0.2) is 14.2 Å². The highest BCUT2D eigenvalue weighted by Crippen LogP contribution is 2.30. The highest BCUT2D eigenvalue weighted by atomic mass is 16.5. The first-order valence-corrected chi connectivity index (χ1v) is 6.54. The molecule has 2 aromatic rings. The number of hydrogen-bond donors (Lipinski definition) is 1. The molecular formula is C17H21NO. The summed E-state index contributed by atoms with van der Waals surface area (Å²) in [6.07, 6.45) is 0. The average molecular weight is 255 g/mol. The molecule has 0 spiro atoms. The van der Waals surface area contributed by atoms with Crippen LogP contribution in [0.25, 0.3) is 0 Å². The Balaban J connectivity index is 2.44. The molecule has 2 heteroatoms. The second-order valence-corrected chi connectivity index (χ2v) is 4.88. The molecule has 2 rings (SSSR count). The molecule has 0 radical (unpaired) electrons. The van der Waals surface area contributed by atoms with Gasteiger partial charge in [-0.25, -0.2) is 0 Å². The van der Waals surface area contributed by atoms with E-state index < -0.39 is 0 Å². The largest absolute Gasteiger partial charge is 0.496 e. The van der Waals surface area contributed by atoms with Gasteiger partial charge in [0.15, 0.2) is 0 Å². The van der Waals surface area contributed by atoms with E-state index in [9.17, 15) is 0 Å². The number of aryl methyl sites for hydroxylation is 2. The highest BCUT2D eigenvalue weighted by Gasteiger charge is 2.16. The van der Waals surface area contributed by atoms with Gasteiger partial charge in [-0.3, -0.25) is 0 Å². The van der Waals surface area contributed by atoms with Crippen LogP contribution < -0.4 is 10.1 Å². The average Bonchev–Trinajstić information content (AvgIpc) is 2.43. The summed E-state index contributed by atoms with van der Waals surface area (Å²) in [5, 5.41) is 3.37. The van der Waals surface area contributed by atoms with Gasteiger partial charge in [-0.1, -0.05) is 42.0 Å². The molecule has 0 fully saturated rings. The molecule has 2 aromatic carbocycles. The van der Waals surface area contributed by atoms with Crippen molar-refractivity contribution in [3.63, 3.8) is 0 Å². The van der Waals surface area contributed by atoms with Crippen LogP contribution in [0.4, 0.5) is 0 Å². The molecule has 0 aliphatic heterocycles. The minimum absolute atomic E-state index is 0.149. The number of nitrogens with one attached hydrogen (secondary N) is 1. The minimum Gasteiger partial charge on any atom is -0.496 e. The summed E-state index contributed by atoms with van der Waals surface area (Å²) < 4.78 is 5.51. The van der Waals surface area contributed by atoms with Crippen molar-refractivity contribution >= 4 is 0 Å². The minimum atomic E-state index is 0.149. The van der Waals surface area contributed by atoms with Crippen molar-refractivity contribution in [2.24, 2.45) is 0 Å². The molecular weight excluding hydrogens is 234 g/mol. The first-order valence-electron chi connectivity index (χ1n) is 6.54. The molecule has 100 valence electrons. The SMILES string of the molecule is CNC(c1ccc(C)cc1)c1ccc(C)cc1OC. The standard InChI is InChI=1S/C17H21NO/c1-12-5-8-14(9-6-12)17(18-3)15-10-7-13(2)11-16(15)19-4/h5-11,17-18H,1-4H3. The van der Waals surface area contributed by atoms with Crippen LogP contribution in [0.3, 0.4) is 0 Å². The van der Waals surface area contributed by atoms with Gasteiger partial charge < -0.3 is 10.1 Å². The fourth-order valence-electron chi connectivity index (χ4n) is 2.32. The van der Waals surface area contributed by atoms with Gasteiger partial charge >= 0.3 is 0 Å². The third-order valence-electron chi connectivity index (χ3n) is 3.40. The molecule has 1 N–H and O–H groups in total. The summed E-state index contributed by atoms with van der Waals surface area (Å²) >= 11 is 0. The van der Waals surface area contributed by atoms with E-state index in [1.807, 2.05) is 7.05 Å². The molecule has 0 amide bonds. The van der Waals surface area contributed by atoms with Gasteiger partial charge in [-0.05, 0) is 38.1 Å². The fourth-order valence-corrected chi connectivity index (χ4v) is 2.32. The molecule has 0 aliphatic carbocycles. The summed E-state index contributed by atoms with van der Waals surface area (Å²) in [4.78, 5) is 0. The van der Waals surface area contributed by atoms with Crippen LogP contribution in [-0.2, 0) is 0 Å². The van der Waals surface area contributed by atoms with Crippen molar-refractivity contribution in [3.05, 3.63) is 64.7 Å². The number of rotatable bonds is 4. The van der Waals surface area contributed by atoms with Crippen molar-refractivity contribution in [1.29, 1.82) is 0 Å². The summed E-state index contributed by atoms with van der Waals surface area (Å²) in [7, 11) is 3.70. The van der Waals surface area contributed by atoms with Crippen LogP contribution >= 0.6 is 0 Å². The maximum Gasteiger partial charge on any atom is 0.124 e. The Morgan fingerprint density at radius 2 is 1.58 bits per heavy atom. The molecule has 0 saturated carbocycles. The molecule has 0 aliphatic rings. The van der Waals surface area contributed by atoms with E-state index in [1.165, 1.54) is 22.3 Å². The van der Waals surface area contributed by atoms with Gasteiger partial charge in [-0.15, -0.1) is 0 Å². The van der Waals surface area contributed by atoms with E-state index in [4.69, 9.17) is 4.74 Å². The molecule has 1 atom stereocenters. The molecule has 19 heavy (non-hydrogen) atoms. The van der Waals surface area contributed by atoms with Crippen LogP contribution in [0.15, 0.2) is 42.5 Å². The maximum absolute atomic E-state index is 5.51. The van der Waals surface area contributed by atoms with Crippen molar-refractivity contribution < 1.29 is 4.74 Å². The zero-order valence-electron chi connectivity index (χ0n) is 12.0. The lowest BCUT2D eigenvalue weighted by Gasteiger charge is -2.20. The second kappa shape index (κ2) is 5.89. The van der Waals surface area contributed by atoms with E-state index >= 15 is 0 Å². The van der Waals surface area contributed by atoms with Gasteiger partial charge in [-0.2, -0.15) is 0 Å². The first kappa shape index (κ1) is 13.6. The summed E-state index contributed by atoms with van der Waals surface area (Å²) in [5.41, 5.74) is 4.89. The number of benzene rings is 2. The van der Waals surface area contributed by atoms with Crippen molar-refractivity contribution in [3.8, 4) is 5.75 Å². The Bertz CT molecular complexity index is 546. The predicted molar refractivity (Wildman–Crippen MR) is 79.8 cm³/mol. The molecule has 0 bridgehead atoms. The van der Waals surface area contributed by atoms with E-state index in [2.05, 4.69) is 61.6 Å². The summed E-state index contributed by atoms with van der Waals surface area (Å²) in [6, 6.07) is 15.1. The molecule has 0 heterocycles. The monoisotopic (exact) mass is 255 g/mol. The third-order valence-corrected chi connectivity index (χ3v) is 3.40. The lowest BCUT2D eigenvalue weighted by molar-refractivity contribution is 0.405. The van der Waals surface area contributed by atoms with E-state index in [-0.39, 0.29) is 6.04 Å². The normalized spacial score (nSPS) is 12.2. The Morgan fingerprint density at radius 1 is 0.947 bits per heavy atom. The van der Waals surface area contributed by atoms with Gasteiger partial charge in [0.25, 0.3) is 0 Å². The van der Waals surface area contributed by atoms with Crippen molar-refractivity contribution in [2.75, 3.05) is 14.2 Å². The van der Waals surface area contributed by atoms with E-state index in [0.29, 0.717) is 0 Å². The Morgan fingerprint density at radius 3 is 2.16 bits per heavy atom. The van der Waals surface area contributed by atoms with Gasteiger partial charge in [0.05, 0.1) is 13.2 Å². The van der Waals surface area contributed by atoms with Gasteiger partial charge in [0.1, 0.15) is 5.75 Å². The van der Waals surface area contributed by atoms with Crippen LogP contribution in [0, 0.1) is 13.8 Å². The van der Waals surface area contributed by atoms with Crippen molar-refractivity contribution in [1.82, 2.24) is 5.32 Å². The Kier molecular flexibility index (Phi) is 4.23. The molecule has 0 saturated heterocycles. The topological polar surface area (TPSA) is 21.3 Å². The molecule has 0 aromatic heterocycles. The number of methoxy groups -OCH3 is 1. The highest BCUT2D eigenvalue weighted by molar-refractivity contribution is 5.44. The summed E-state index contributed by atoms with van der Waals surface area (Å²) in [5.74, 6) is 0.930. The number of hydrogen-bond acceptors (Lipinski definition) is 2. The predicted octanol–water partition coefficient (Wildman–Crippen LogP) is 3.62.